The van der Waals surface area contributed by atoms with E-state index in [1.165, 1.54) is 0 Å². The van der Waals surface area contributed by atoms with Gasteiger partial charge in [0, 0.05) is 18.3 Å². The van der Waals surface area contributed by atoms with Crippen molar-refractivity contribution in [1.29, 1.82) is 0 Å². The molecule has 4 aliphatic rings. The maximum atomic E-state index is 12.5. The summed E-state index contributed by atoms with van der Waals surface area (Å²) in [5, 5.41) is 0. The van der Waals surface area contributed by atoms with Gasteiger partial charge in [-0.05, 0) is 74.2 Å². The molecule has 3 nitrogen and oxygen atoms in total. The average Bonchev–Trinajstić information content (AvgIpc) is 2.83. The van der Waals surface area contributed by atoms with Crippen molar-refractivity contribution in [3.8, 4) is 0 Å². The molecule has 0 aromatic rings. The van der Waals surface area contributed by atoms with Gasteiger partial charge in [0.15, 0.2) is 11.6 Å². The molecule has 0 radical (unpaired) electrons. The topological polar surface area (TPSA) is 51.2 Å². The number of hydrogen-bond acceptors (Lipinski definition) is 3. The molecule has 0 amide bonds. The Morgan fingerprint density at radius 3 is 2.33 bits per heavy atom. The maximum absolute atomic E-state index is 12.5. The minimum Gasteiger partial charge on any atom is -0.299 e. The van der Waals surface area contributed by atoms with Gasteiger partial charge in [-0.25, -0.2) is 0 Å². The second-order valence-electron chi connectivity index (χ2n) is 9.08. The van der Waals surface area contributed by atoms with Gasteiger partial charge >= 0.3 is 0 Å². The van der Waals surface area contributed by atoms with Gasteiger partial charge < -0.3 is 0 Å². The van der Waals surface area contributed by atoms with Crippen LogP contribution in [0.1, 0.15) is 72.1 Å². The second kappa shape index (κ2) is 5.12. The zero-order chi connectivity index (χ0) is 17.3. The van der Waals surface area contributed by atoms with Crippen molar-refractivity contribution < 1.29 is 14.4 Å². The van der Waals surface area contributed by atoms with Crippen LogP contribution in [0.4, 0.5) is 0 Å². The Hall–Kier alpha value is -1.25. The summed E-state index contributed by atoms with van der Waals surface area (Å²) in [5.41, 5.74) is 1.57. The van der Waals surface area contributed by atoms with Gasteiger partial charge in [0.1, 0.15) is 5.78 Å². The number of fused-ring (bicyclic) bond motifs is 5. The molecule has 0 bridgehead atoms. The van der Waals surface area contributed by atoms with Crippen LogP contribution in [0, 0.1) is 28.6 Å². The third-order valence-corrected chi connectivity index (χ3v) is 8.19. The standard InChI is InChI=1S/C21H28O3/c1-12(22)19-16-5-4-13-14-6-7-18(24)21(14,3)10-8-15(13)20(16,2)11-9-17(19)23/h13-15H,4-11H2,1-3H3/t13-,14-,15-,20+,21-/m0/s1. The molecule has 3 saturated carbocycles. The third kappa shape index (κ3) is 1.93. The van der Waals surface area contributed by atoms with Crippen LogP contribution in [-0.4, -0.2) is 17.3 Å². The van der Waals surface area contributed by atoms with E-state index in [0.29, 0.717) is 35.5 Å². The van der Waals surface area contributed by atoms with Crippen LogP contribution in [0.25, 0.3) is 0 Å². The number of carbonyl (C=O) groups is 3. The normalized spacial score (nSPS) is 44.9. The molecule has 0 aromatic heterocycles. The van der Waals surface area contributed by atoms with E-state index in [-0.39, 0.29) is 22.4 Å². The molecule has 4 rings (SSSR count). The highest BCUT2D eigenvalue weighted by Gasteiger charge is 2.59. The Morgan fingerprint density at radius 2 is 1.62 bits per heavy atom. The predicted octanol–water partition coefficient (Wildman–Crippen LogP) is 4.05. The number of carbonyl (C=O) groups excluding carboxylic acids is 3. The lowest BCUT2D eigenvalue weighted by Gasteiger charge is -2.57. The Kier molecular flexibility index (Phi) is 3.47. The number of allylic oxidation sites excluding steroid dienone is 1. The minimum absolute atomic E-state index is 0.00913. The van der Waals surface area contributed by atoms with Crippen molar-refractivity contribution in [2.75, 3.05) is 0 Å². The van der Waals surface area contributed by atoms with E-state index in [1.807, 2.05) is 0 Å². The molecule has 0 saturated heterocycles. The summed E-state index contributed by atoms with van der Waals surface area (Å²) in [5.74, 6) is 2.13. The third-order valence-electron chi connectivity index (χ3n) is 8.19. The molecule has 0 aliphatic heterocycles. The molecule has 0 spiro atoms. The van der Waals surface area contributed by atoms with E-state index in [2.05, 4.69) is 13.8 Å². The molecule has 0 aromatic carbocycles. The molecule has 24 heavy (non-hydrogen) atoms. The smallest absolute Gasteiger partial charge is 0.166 e. The van der Waals surface area contributed by atoms with E-state index in [9.17, 15) is 14.4 Å². The highest BCUT2D eigenvalue weighted by molar-refractivity contribution is 6.20. The largest absolute Gasteiger partial charge is 0.299 e. The van der Waals surface area contributed by atoms with Crippen LogP contribution in [0.3, 0.4) is 0 Å². The molecular formula is C21H28O3. The van der Waals surface area contributed by atoms with Crippen molar-refractivity contribution in [3.63, 3.8) is 0 Å². The highest BCUT2D eigenvalue weighted by atomic mass is 16.1. The molecule has 4 aliphatic carbocycles. The van der Waals surface area contributed by atoms with Crippen molar-refractivity contribution in [2.24, 2.45) is 28.6 Å². The van der Waals surface area contributed by atoms with E-state index in [0.717, 1.165) is 50.5 Å². The van der Waals surface area contributed by atoms with E-state index in [4.69, 9.17) is 0 Å². The van der Waals surface area contributed by atoms with Crippen LogP contribution in [0.2, 0.25) is 0 Å². The van der Waals surface area contributed by atoms with Gasteiger partial charge in [-0.3, -0.25) is 14.4 Å². The fourth-order valence-electron chi connectivity index (χ4n) is 6.89. The molecule has 130 valence electrons. The second-order valence-corrected chi connectivity index (χ2v) is 9.08. The molecule has 5 atom stereocenters. The van der Waals surface area contributed by atoms with Crippen molar-refractivity contribution in [1.82, 2.24) is 0 Å². The Labute approximate surface area is 144 Å². The van der Waals surface area contributed by atoms with Crippen LogP contribution in [-0.2, 0) is 14.4 Å². The lowest BCUT2D eigenvalue weighted by Crippen LogP contribution is -2.51. The van der Waals surface area contributed by atoms with Gasteiger partial charge in [-0.2, -0.15) is 0 Å². The van der Waals surface area contributed by atoms with Gasteiger partial charge in [0.2, 0.25) is 0 Å². The lowest BCUT2D eigenvalue weighted by atomic mass is 9.47. The number of Topliss-reactive ketones (excluding diaryl/α,β-unsaturated/α-hetero) is 3. The fraction of sp³-hybridized carbons (Fsp3) is 0.762. The van der Waals surface area contributed by atoms with Crippen LogP contribution >= 0.6 is 0 Å². The summed E-state index contributed by atoms with van der Waals surface area (Å²) in [6.45, 7) is 6.04. The van der Waals surface area contributed by atoms with E-state index in [1.54, 1.807) is 6.92 Å². The van der Waals surface area contributed by atoms with Gasteiger partial charge in [-0.1, -0.05) is 13.8 Å². The number of rotatable bonds is 1. The molecular weight excluding hydrogens is 300 g/mol. The molecule has 3 fully saturated rings. The van der Waals surface area contributed by atoms with Crippen LogP contribution in [0.5, 0.6) is 0 Å². The zero-order valence-electron chi connectivity index (χ0n) is 15.1. The van der Waals surface area contributed by atoms with Crippen molar-refractivity contribution in [3.05, 3.63) is 11.1 Å². The lowest BCUT2D eigenvalue weighted by molar-refractivity contribution is -0.132. The molecule has 0 heterocycles. The summed E-state index contributed by atoms with van der Waals surface area (Å²) >= 11 is 0. The Balaban J connectivity index is 1.76. The number of hydrogen-bond donors (Lipinski definition) is 0. The summed E-state index contributed by atoms with van der Waals surface area (Å²) in [6.07, 6.45) is 7.18. The SMILES string of the molecule is CC(=O)C1=C2CC[C@@H]3[C@H](CC[C@]4(C)C(=O)CC[C@@H]34)[C@@]2(C)CCC1=O. The quantitative estimate of drug-likeness (QED) is 0.682. The number of ketones is 3. The zero-order valence-corrected chi connectivity index (χ0v) is 15.1. The van der Waals surface area contributed by atoms with Crippen molar-refractivity contribution in [2.45, 2.75) is 72.1 Å². The van der Waals surface area contributed by atoms with Crippen molar-refractivity contribution >= 4 is 17.3 Å². The first-order valence-electron chi connectivity index (χ1n) is 9.60. The molecule has 3 heteroatoms. The first-order chi connectivity index (χ1) is 11.3. The predicted molar refractivity (Wildman–Crippen MR) is 91.3 cm³/mol. The Bertz CT molecular complexity index is 673. The fourth-order valence-corrected chi connectivity index (χ4v) is 6.89. The van der Waals surface area contributed by atoms with Crippen LogP contribution < -0.4 is 0 Å². The van der Waals surface area contributed by atoms with E-state index >= 15 is 0 Å². The first-order valence-corrected chi connectivity index (χ1v) is 9.60. The Morgan fingerprint density at radius 1 is 0.917 bits per heavy atom. The van der Waals surface area contributed by atoms with Gasteiger partial charge in [0.25, 0.3) is 0 Å². The minimum atomic E-state index is -0.105. The summed E-state index contributed by atoms with van der Waals surface area (Å²) < 4.78 is 0. The summed E-state index contributed by atoms with van der Waals surface area (Å²) in [4.78, 5) is 36.9. The summed E-state index contributed by atoms with van der Waals surface area (Å²) in [7, 11) is 0. The molecule has 0 N–H and O–H groups in total. The highest BCUT2D eigenvalue weighted by Crippen LogP contribution is 2.64. The maximum Gasteiger partial charge on any atom is 0.166 e. The molecule has 0 unspecified atom stereocenters. The summed E-state index contributed by atoms with van der Waals surface area (Å²) in [6, 6.07) is 0. The van der Waals surface area contributed by atoms with Crippen LogP contribution in [0.15, 0.2) is 11.1 Å². The van der Waals surface area contributed by atoms with Gasteiger partial charge in [0.05, 0.1) is 5.57 Å². The van der Waals surface area contributed by atoms with Gasteiger partial charge in [-0.15, -0.1) is 0 Å². The average molecular weight is 328 g/mol. The first kappa shape index (κ1) is 16.2. The van der Waals surface area contributed by atoms with E-state index < -0.39 is 0 Å². The monoisotopic (exact) mass is 328 g/mol.